The van der Waals surface area contributed by atoms with Crippen molar-refractivity contribution in [1.82, 2.24) is 0 Å². The predicted octanol–water partition coefficient (Wildman–Crippen LogP) is 8.70. The van der Waals surface area contributed by atoms with Gasteiger partial charge in [-0.25, -0.2) is 17.6 Å². The van der Waals surface area contributed by atoms with Crippen molar-refractivity contribution >= 4 is 10.8 Å². The number of fused-ring (bicyclic) bond motifs is 1. The molecule has 0 radical (unpaired) electrons. The second-order valence-electron chi connectivity index (χ2n) is 9.11. The van der Waals surface area contributed by atoms with Crippen LogP contribution >= 0.6 is 0 Å². The summed E-state index contributed by atoms with van der Waals surface area (Å²) in [4.78, 5) is 0. The molecule has 0 aliphatic heterocycles. The van der Waals surface area contributed by atoms with Gasteiger partial charge in [-0.2, -0.15) is 0 Å². The number of hydrogen-bond acceptors (Lipinski definition) is 0. The highest BCUT2D eigenvalue weighted by molar-refractivity contribution is 5.85. The van der Waals surface area contributed by atoms with Gasteiger partial charge in [-0.05, 0) is 84.2 Å². The van der Waals surface area contributed by atoms with E-state index < -0.39 is 17.5 Å². The van der Waals surface area contributed by atoms with Gasteiger partial charge in [0.25, 0.3) is 0 Å². The zero-order chi connectivity index (χ0) is 25.5. The fraction of sp³-hybridized carbons (Fsp3) is 0.250. The molecule has 0 saturated heterocycles. The number of aryl methyl sites for hydroxylation is 3. The normalized spacial score (nSPS) is 10.9. The fourth-order valence-corrected chi connectivity index (χ4v) is 4.29. The summed E-state index contributed by atoms with van der Waals surface area (Å²) >= 11 is 0. The van der Waals surface area contributed by atoms with Crippen LogP contribution in [-0.2, 0) is 19.3 Å². The zero-order valence-corrected chi connectivity index (χ0v) is 20.3. The fourth-order valence-electron chi connectivity index (χ4n) is 4.29. The Morgan fingerprint density at radius 2 is 1.28 bits per heavy atom. The van der Waals surface area contributed by atoms with Gasteiger partial charge < -0.3 is 0 Å². The number of benzene rings is 4. The van der Waals surface area contributed by atoms with Crippen molar-refractivity contribution in [1.29, 1.82) is 0 Å². The molecule has 0 nitrogen and oxygen atoms in total. The van der Waals surface area contributed by atoms with E-state index in [1.54, 1.807) is 18.2 Å². The van der Waals surface area contributed by atoms with Gasteiger partial charge in [-0.3, -0.25) is 0 Å². The molecule has 0 heterocycles. The van der Waals surface area contributed by atoms with Crippen molar-refractivity contribution in [2.75, 3.05) is 0 Å². The van der Waals surface area contributed by atoms with E-state index in [0.29, 0.717) is 10.9 Å². The first-order valence-corrected chi connectivity index (χ1v) is 12.4. The van der Waals surface area contributed by atoms with Crippen LogP contribution in [0.2, 0.25) is 0 Å². The Kier molecular flexibility index (Phi) is 8.44. The Morgan fingerprint density at radius 3 is 2.00 bits per heavy atom. The molecule has 4 aromatic rings. The first-order chi connectivity index (χ1) is 17.4. The van der Waals surface area contributed by atoms with Gasteiger partial charge in [0.15, 0.2) is 17.5 Å². The quantitative estimate of drug-likeness (QED) is 0.101. The molecule has 0 spiro atoms. The lowest BCUT2D eigenvalue weighted by atomic mass is 9.99. The lowest BCUT2D eigenvalue weighted by Crippen LogP contribution is -1.99. The summed E-state index contributed by atoms with van der Waals surface area (Å²) in [7, 11) is 0. The Hall–Kier alpha value is -3.58. The number of unbranched alkanes of at least 4 members (excludes halogenated alkanes) is 3. The van der Waals surface area contributed by atoms with E-state index >= 15 is 4.39 Å². The van der Waals surface area contributed by atoms with Gasteiger partial charge >= 0.3 is 0 Å². The Balaban J connectivity index is 1.44. The molecule has 0 atom stereocenters. The van der Waals surface area contributed by atoms with Crippen molar-refractivity contribution in [3.05, 3.63) is 118 Å². The lowest BCUT2D eigenvalue weighted by Gasteiger charge is -2.08. The average Bonchev–Trinajstić information content (AvgIpc) is 2.88. The van der Waals surface area contributed by atoms with E-state index in [-0.39, 0.29) is 24.2 Å². The summed E-state index contributed by atoms with van der Waals surface area (Å²) in [6.07, 6.45) is 6.50. The maximum absolute atomic E-state index is 15.1. The third-order valence-corrected chi connectivity index (χ3v) is 6.38. The first kappa shape index (κ1) is 25.5. The molecule has 0 aromatic heterocycles. The zero-order valence-electron chi connectivity index (χ0n) is 20.3. The molecular formula is C32H28F4. The van der Waals surface area contributed by atoms with Crippen molar-refractivity contribution in [3.8, 4) is 11.8 Å². The van der Waals surface area contributed by atoms with Crippen molar-refractivity contribution in [2.45, 2.75) is 51.9 Å². The molecule has 0 unspecified atom stereocenters. The van der Waals surface area contributed by atoms with E-state index in [4.69, 9.17) is 0 Å². The second-order valence-corrected chi connectivity index (χ2v) is 9.11. The van der Waals surface area contributed by atoms with Gasteiger partial charge in [0.2, 0.25) is 0 Å². The highest BCUT2D eigenvalue weighted by Crippen LogP contribution is 2.24. The summed E-state index contributed by atoms with van der Waals surface area (Å²) in [6, 6.07) is 19.0. The summed E-state index contributed by atoms with van der Waals surface area (Å²) in [5, 5.41) is 1.19. The van der Waals surface area contributed by atoms with Crippen LogP contribution in [0.15, 0.2) is 66.7 Å². The minimum absolute atomic E-state index is 0.192. The van der Waals surface area contributed by atoms with Gasteiger partial charge in [0, 0.05) is 16.5 Å². The average molecular weight is 489 g/mol. The number of hydrogen-bond donors (Lipinski definition) is 0. The van der Waals surface area contributed by atoms with Gasteiger partial charge in [0.05, 0.1) is 0 Å². The monoisotopic (exact) mass is 488 g/mol. The van der Waals surface area contributed by atoms with Crippen LogP contribution in [0.5, 0.6) is 0 Å². The minimum Gasteiger partial charge on any atom is -0.206 e. The van der Waals surface area contributed by atoms with Crippen molar-refractivity contribution in [3.63, 3.8) is 0 Å². The van der Waals surface area contributed by atoms with E-state index in [1.165, 1.54) is 31.2 Å². The van der Waals surface area contributed by atoms with Gasteiger partial charge in [-0.1, -0.05) is 68.4 Å². The largest absolute Gasteiger partial charge is 0.206 e. The van der Waals surface area contributed by atoms with E-state index in [0.717, 1.165) is 35.1 Å². The molecule has 0 aliphatic rings. The molecule has 4 aromatic carbocycles. The molecule has 0 aliphatic carbocycles. The van der Waals surface area contributed by atoms with E-state index in [9.17, 15) is 13.2 Å². The molecule has 4 rings (SSSR count). The Labute approximate surface area is 210 Å². The molecule has 0 fully saturated rings. The van der Waals surface area contributed by atoms with Gasteiger partial charge in [-0.15, -0.1) is 0 Å². The highest BCUT2D eigenvalue weighted by atomic mass is 19.2. The standard InChI is InChI=1S/C32H28F4/c1-2-3-4-5-6-22-7-9-23(10-8-22)11-12-24-14-18-28-27(19-24)17-16-26(31(28)35)15-13-25-20-29(33)32(36)30(34)21-25/h7-10,14,16-21H,2-6,13,15H2,1H3. The summed E-state index contributed by atoms with van der Waals surface area (Å²) in [5.74, 6) is 1.98. The number of rotatable bonds is 8. The molecule has 0 saturated carbocycles. The molecule has 184 valence electrons. The molecular weight excluding hydrogens is 460 g/mol. The van der Waals surface area contributed by atoms with Crippen LogP contribution in [0.4, 0.5) is 17.6 Å². The third-order valence-electron chi connectivity index (χ3n) is 6.38. The molecule has 4 heteroatoms. The van der Waals surface area contributed by atoms with Gasteiger partial charge in [0.1, 0.15) is 5.82 Å². The van der Waals surface area contributed by atoms with Crippen LogP contribution < -0.4 is 0 Å². The second kappa shape index (κ2) is 11.9. The number of halogens is 4. The Bertz CT molecular complexity index is 1390. The summed E-state index contributed by atoms with van der Waals surface area (Å²) in [5.41, 5.74) is 3.75. The highest BCUT2D eigenvalue weighted by Gasteiger charge is 2.12. The van der Waals surface area contributed by atoms with Crippen LogP contribution in [-0.4, -0.2) is 0 Å². The van der Waals surface area contributed by atoms with Crippen LogP contribution in [0.25, 0.3) is 10.8 Å². The molecule has 0 amide bonds. The predicted molar refractivity (Wildman–Crippen MR) is 138 cm³/mol. The first-order valence-electron chi connectivity index (χ1n) is 12.4. The summed E-state index contributed by atoms with van der Waals surface area (Å²) in [6.45, 7) is 2.21. The maximum Gasteiger partial charge on any atom is 0.194 e. The minimum atomic E-state index is -1.50. The smallest absolute Gasteiger partial charge is 0.194 e. The summed E-state index contributed by atoms with van der Waals surface area (Å²) < 4.78 is 55.2. The maximum atomic E-state index is 15.1. The molecule has 36 heavy (non-hydrogen) atoms. The van der Waals surface area contributed by atoms with Crippen molar-refractivity contribution in [2.24, 2.45) is 0 Å². The third kappa shape index (κ3) is 6.34. The molecule has 0 bridgehead atoms. The topological polar surface area (TPSA) is 0 Å². The lowest BCUT2D eigenvalue weighted by molar-refractivity contribution is 0.445. The van der Waals surface area contributed by atoms with Crippen LogP contribution in [0.3, 0.4) is 0 Å². The van der Waals surface area contributed by atoms with Crippen LogP contribution in [0, 0.1) is 35.1 Å². The van der Waals surface area contributed by atoms with E-state index in [2.05, 4.69) is 30.9 Å². The van der Waals surface area contributed by atoms with Crippen molar-refractivity contribution < 1.29 is 17.6 Å². The SMILES string of the molecule is CCCCCCc1ccc(C#Cc2ccc3c(F)c(CCc4cc(F)c(F)c(F)c4)ccc3c2)cc1. The van der Waals surface area contributed by atoms with E-state index in [1.807, 2.05) is 24.3 Å². The Morgan fingerprint density at radius 1 is 0.583 bits per heavy atom. The molecule has 0 N–H and O–H groups in total. The van der Waals surface area contributed by atoms with Crippen LogP contribution in [0.1, 0.15) is 60.4 Å².